The smallest absolute Gasteiger partial charge is 0.318 e. The predicted molar refractivity (Wildman–Crippen MR) is 204 cm³/mol. The van der Waals surface area contributed by atoms with Crippen LogP contribution in [0.5, 0.6) is 0 Å². The van der Waals surface area contributed by atoms with E-state index in [1.54, 1.807) is 23.4 Å². The number of benzene rings is 3. The van der Waals surface area contributed by atoms with E-state index in [0.29, 0.717) is 69.8 Å². The van der Waals surface area contributed by atoms with E-state index >= 15 is 0 Å². The molecule has 5 N–H and O–H groups in total. The van der Waals surface area contributed by atoms with Gasteiger partial charge in [0.25, 0.3) is 5.91 Å². The number of nitrogen functional groups attached to an aromatic ring is 1. The van der Waals surface area contributed by atoms with Crippen molar-refractivity contribution in [3.63, 3.8) is 0 Å². The Bertz CT molecular complexity index is 1770. The van der Waals surface area contributed by atoms with Gasteiger partial charge in [-0.3, -0.25) is 14.6 Å². The van der Waals surface area contributed by atoms with Crippen LogP contribution >= 0.6 is 31.9 Å². The molecule has 0 radical (unpaired) electrons. The van der Waals surface area contributed by atoms with E-state index in [4.69, 9.17) is 5.73 Å². The van der Waals surface area contributed by atoms with Gasteiger partial charge < -0.3 is 36.4 Å². The molecule has 6 rings (SSSR count). The molecule has 13 heteroatoms. The molecule has 2 aliphatic heterocycles. The van der Waals surface area contributed by atoms with E-state index in [2.05, 4.69) is 57.7 Å². The minimum atomic E-state index is -0.761. The number of piperidine rings is 1. The molecule has 2 fully saturated rings. The minimum absolute atomic E-state index is 0.0725. The number of hydrogen-bond acceptors (Lipinski definition) is 7. The monoisotopic (exact) mass is 802 g/mol. The van der Waals surface area contributed by atoms with Crippen molar-refractivity contribution in [3.8, 4) is 0 Å². The second kappa shape index (κ2) is 16.4. The maximum atomic E-state index is 14.0. The Morgan fingerprint density at radius 1 is 0.820 bits per heavy atom. The lowest BCUT2D eigenvalue weighted by molar-refractivity contribution is -0.133. The fourth-order valence-corrected chi connectivity index (χ4v) is 7.65. The van der Waals surface area contributed by atoms with E-state index in [1.807, 2.05) is 77.7 Å². The fraction of sp³-hybridized carbons (Fsp3) is 0.297. The average molecular weight is 805 g/mol. The summed E-state index contributed by atoms with van der Waals surface area (Å²) in [5.41, 5.74) is 10.7. The molecule has 0 saturated carbocycles. The molecule has 0 unspecified atom stereocenters. The van der Waals surface area contributed by atoms with Crippen molar-refractivity contribution in [1.82, 2.24) is 20.1 Å². The van der Waals surface area contributed by atoms with Gasteiger partial charge in [0.05, 0.1) is 11.3 Å². The second-order valence-electron chi connectivity index (χ2n) is 12.5. The second-order valence-corrected chi connectivity index (χ2v) is 14.2. The fourth-order valence-electron chi connectivity index (χ4n) is 6.36. The summed E-state index contributed by atoms with van der Waals surface area (Å²) in [6.07, 6.45) is 5.23. The standard InChI is InChI=1S/C37H40Br2N8O3/c38-30-22-25(23-31(39)34(30)40)24-33(36(49)46-20-18-45(19-21-46)28-10-14-41-15-11-28)44-37(50)47-16-12-27(13-17-47)42-32-9-5-4-8-29(32)35(48)43-26-6-2-1-3-7-26/h1-11,14-15,22-23,27,33,42H,12-13,16-21,24,40H2,(H,43,48)(H,44,50)/t33-/m1/s1. The Kier molecular flexibility index (Phi) is 11.5. The first kappa shape index (κ1) is 35.2. The number of amides is 4. The van der Waals surface area contributed by atoms with Gasteiger partial charge in [-0.05, 0) is 98.8 Å². The van der Waals surface area contributed by atoms with Crippen molar-refractivity contribution >= 4 is 72.5 Å². The number of carbonyl (C=O) groups is 3. The number of carbonyl (C=O) groups excluding carboxylic acids is 3. The zero-order valence-corrected chi connectivity index (χ0v) is 30.7. The lowest BCUT2D eigenvalue weighted by atomic mass is 10.0. The number of aromatic nitrogens is 1. The van der Waals surface area contributed by atoms with Crippen molar-refractivity contribution in [2.45, 2.75) is 31.3 Å². The number of likely N-dealkylation sites (tertiary alicyclic amines) is 1. The predicted octanol–water partition coefficient (Wildman–Crippen LogP) is 5.99. The van der Waals surface area contributed by atoms with Crippen molar-refractivity contribution in [1.29, 1.82) is 0 Å². The van der Waals surface area contributed by atoms with Gasteiger partial charge >= 0.3 is 6.03 Å². The molecular weight excluding hydrogens is 764 g/mol. The number of urea groups is 1. The van der Waals surface area contributed by atoms with Gasteiger partial charge in [-0.1, -0.05) is 30.3 Å². The van der Waals surface area contributed by atoms with E-state index in [9.17, 15) is 14.4 Å². The number of halogens is 2. The number of para-hydroxylation sites is 2. The SMILES string of the molecule is Nc1c(Br)cc(C[C@@H](NC(=O)N2CCC(Nc3ccccc3C(=O)Nc3ccccc3)CC2)C(=O)N2CCN(c3ccncc3)CC2)cc1Br. The third-order valence-electron chi connectivity index (χ3n) is 9.14. The lowest BCUT2D eigenvalue weighted by Crippen LogP contribution is -2.58. The number of rotatable bonds is 9. The number of pyridine rings is 1. The molecule has 0 bridgehead atoms. The van der Waals surface area contributed by atoms with E-state index < -0.39 is 6.04 Å². The molecule has 2 saturated heterocycles. The molecular formula is C37H40Br2N8O3. The Morgan fingerprint density at radius 3 is 2.14 bits per heavy atom. The maximum Gasteiger partial charge on any atom is 0.318 e. The van der Waals surface area contributed by atoms with Crippen molar-refractivity contribution in [2.75, 3.05) is 60.5 Å². The largest absolute Gasteiger partial charge is 0.397 e. The van der Waals surface area contributed by atoms with Crippen LogP contribution < -0.4 is 26.6 Å². The Hall–Kier alpha value is -4.62. The third kappa shape index (κ3) is 8.75. The summed E-state index contributed by atoms with van der Waals surface area (Å²) in [5, 5.41) is 9.57. The van der Waals surface area contributed by atoms with Crippen LogP contribution in [0.3, 0.4) is 0 Å². The summed E-state index contributed by atoms with van der Waals surface area (Å²) < 4.78 is 1.44. The first-order valence-corrected chi connectivity index (χ1v) is 18.3. The van der Waals surface area contributed by atoms with Gasteiger partial charge in [-0.15, -0.1) is 0 Å². The zero-order chi connectivity index (χ0) is 35.0. The quantitative estimate of drug-likeness (QED) is 0.153. The molecule has 2 aliphatic rings. The van der Waals surface area contributed by atoms with Crippen molar-refractivity contribution < 1.29 is 14.4 Å². The molecule has 4 amide bonds. The normalized spacial score (nSPS) is 15.7. The highest BCUT2D eigenvalue weighted by Crippen LogP contribution is 2.30. The molecule has 3 aromatic carbocycles. The average Bonchev–Trinajstić information content (AvgIpc) is 3.14. The van der Waals surface area contributed by atoms with Crippen LogP contribution in [0.25, 0.3) is 0 Å². The number of nitrogens with zero attached hydrogens (tertiary/aromatic N) is 4. The molecule has 50 heavy (non-hydrogen) atoms. The summed E-state index contributed by atoms with van der Waals surface area (Å²) >= 11 is 7.03. The summed E-state index contributed by atoms with van der Waals surface area (Å²) in [6.45, 7) is 3.48. The number of nitrogens with one attached hydrogen (secondary N) is 3. The molecule has 4 aromatic rings. The van der Waals surface area contributed by atoms with Crippen LogP contribution in [0.2, 0.25) is 0 Å². The first-order chi connectivity index (χ1) is 24.2. The topological polar surface area (TPSA) is 136 Å². The number of anilines is 4. The first-order valence-electron chi connectivity index (χ1n) is 16.7. The highest BCUT2D eigenvalue weighted by molar-refractivity contribution is 9.11. The van der Waals surface area contributed by atoms with Crippen molar-refractivity contribution in [3.05, 3.63) is 111 Å². The number of nitrogens with two attached hydrogens (primary N) is 1. The van der Waals surface area contributed by atoms with Crippen LogP contribution in [0.15, 0.2) is 100 Å². The Balaban J connectivity index is 1.08. The van der Waals surface area contributed by atoms with Gasteiger partial charge in [0.1, 0.15) is 6.04 Å². The Morgan fingerprint density at radius 2 is 1.46 bits per heavy atom. The molecule has 1 atom stereocenters. The van der Waals surface area contributed by atoms with Gasteiger partial charge in [-0.25, -0.2) is 4.79 Å². The van der Waals surface area contributed by atoms with Gasteiger partial charge in [0.2, 0.25) is 5.91 Å². The summed E-state index contributed by atoms with van der Waals surface area (Å²) in [4.78, 5) is 50.8. The van der Waals surface area contributed by atoms with Gasteiger partial charge in [0, 0.05) is 90.1 Å². The van der Waals surface area contributed by atoms with E-state index in [-0.39, 0.29) is 23.9 Å². The summed E-state index contributed by atoms with van der Waals surface area (Å²) in [6, 6.07) is 23.6. The molecule has 3 heterocycles. The molecule has 0 spiro atoms. The maximum absolute atomic E-state index is 14.0. The van der Waals surface area contributed by atoms with Crippen molar-refractivity contribution in [2.24, 2.45) is 0 Å². The molecule has 0 aliphatic carbocycles. The number of piperazine rings is 1. The highest BCUT2D eigenvalue weighted by atomic mass is 79.9. The molecule has 260 valence electrons. The van der Waals surface area contributed by atoms with Crippen LogP contribution in [0.4, 0.5) is 27.5 Å². The lowest BCUT2D eigenvalue weighted by Gasteiger charge is -2.38. The molecule has 1 aromatic heterocycles. The minimum Gasteiger partial charge on any atom is -0.397 e. The molecule has 11 nitrogen and oxygen atoms in total. The van der Waals surface area contributed by atoms with Crippen LogP contribution in [-0.4, -0.2) is 84.0 Å². The Labute approximate surface area is 308 Å². The summed E-state index contributed by atoms with van der Waals surface area (Å²) in [5.74, 6) is -0.301. The van der Waals surface area contributed by atoms with E-state index in [1.165, 1.54) is 0 Å². The van der Waals surface area contributed by atoms with Gasteiger partial charge in [0.15, 0.2) is 0 Å². The van der Waals surface area contributed by atoms with Crippen LogP contribution in [-0.2, 0) is 11.2 Å². The third-order valence-corrected chi connectivity index (χ3v) is 10.5. The van der Waals surface area contributed by atoms with Gasteiger partial charge in [-0.2, -0.15) is 0 Å². The summed E-state index contributed by atoms with van der Waals surface area (Å²) in [7, 11) is 0. The number of hydrogen-bond donors (Lipinski definition) is 4. The van der Waals surface area contributed by atoms with Crippen LogP contribution in [0, 0.1) is 0 Å². The van der Waals surface area contributed by atoms with E-state index in [0.717, 1.165) is 31.6 Å². The zero-order valence-electron chi connectivity index (χ0n) is 27.5. The highest BCUT2D eigenvalue weighted by Gasteiger charge is 2.32. The van der Waals surface area contributed by atoms with Crippen LogP contribution in [0.1, 0.15) is 28.8 Å².